The highest BCUT2D eigenvalue weighted by molar-refractivity contribution is 6.30. The first-order valence-electron chi connectivity index (χ1n) is 5.13. The van der Waals surface area contributed by atoms with Crippen molar-refractivity contribution in [1.29, 1.82) is 0 Å². The smallest absolute Gasteiger partial charge is 0.132 e. The summed E-state index contributed by atoms with van der Waals surface area (Å²) in [4.78, 5) is 4.07. The molecule has 0 aliphatic heterocycles. The summed E-state index contributed by atoms with van der Waals surface area (Å²) >= 11 is 5.71. The van der Waals surface area contributed by atoms with Crippen LogP contribution in [-0.4, -0.2) is 10.1 Å². The van der Waals surface area contributed by atoms with E-state index in [-0.39, 0.29) is 6.61 Å². The number of pyridine rings is 1. The first-order valence-corrected chi connectivity index (χ1v) is 5.51. The van der Waals surface area contributed by atoms with Gasteiger partial charge in [-0.1, -0.05) is 11.6 Å². The number of halogens is 2. The fourth-order valence-electron chi connectivity index (χ4n) is 1.67. The van der Waals surface area contributed by atoms with E-state index in [1.165, 1.54) is 6.07 Å². The van der Waals surface area contributed by atoms with Crippen LogP contribution in [0.4, 0.5) is 4.39 Å². The Bertz CT molecular complexity index is 557. The van der Waals surface area contributed by atoms with Crippen molar-refractivity contribution in [3.63, 3.8) is 0 Å². The Morgan fingerprint density at radius 2 is 2.06 bits per heavy atom. The zero-order valence-electron chi connectivity index (χ0n) is 9.24. The van der Waals surface area contributed by atoms with Gasteiger partial charge in [-0.3, -0.25) is 4.98 Å². The van der Waals surface area contributed by atoms with Gasteiger partial charge in [-0.25, -0.2) is 4.39 Å². The molecule has 4 heteroatoms. The number of hydrogen-bond acceptors (Lipinski definition) is 2. The molecule has 0 saturated heterocycles. The number of aromatic nitrogens is 1. The Labute approximate surface area is 104 Å². The lowest BCUT2D eigenvalue weighted by Gasteiger charge is -2.09. The van der Waals surface area contributed by atoms with Crippen molar-refractivity contribution in [2.45, 2.75) is 13.5 Å². The average molecular weight is 252 g/mol. The first kappa shape index (κ1) is 12.0. The second-order valence-corrected chi connectivity index (χ2v) is 4.20. The summed E-state index contributed by atoms with van der Waals surface area (Å²) in [7, 11) is 0. The predicted octanol–water partition coefficient (Wildman–Crippen LogP) is 3.34. The SMILES string of the molecule is Cc1cc(-c2ccc(Cl)cc2F)c(CO)cn1. The summed E-state index contributed by atoms with van der Waals surface area (Å²) in [6.45, 7) is 1.64. The highest BCUT2D eigenvalue weighted by Crippen LogP contribution is 2.28. The molecule has 1 aromatic heterocycles. The molecule has 17 heavy (non-hydrogen) atoms. The van der Waals surface area contributed by atoms with E-state index >= 15 is 0 Å². The minimum absolute atomic E-state index is 0.176. The van der Waals surface area contributed by atoms with Crippen LogP contribution in [0.5, 0.6) is 0 Å². The van der Waals surface area contributed by atoms with E-state index in [9.17, 15) is 9.50 Å². The van der Waals surface area contributed by atoms with Gasteiger partial charge in [0.15, 0.2) is 0 Å². The largest absolute Gasteiger partial charge is 0.392 e. The van der Waals surface area contributed by atoms with Crippen LogP contribution in [0.2, 0.25) is 5.02 Å². The maximum absolute atomic E-state index is 13.8. The highest BCUT2D eigenvalue weighted by atomic mass is 35.5. The van der Waals surface area contributed by atoms with E-state index in [4.69, 9.17) is 11.6 Å². The molecule has 1 aromatic carbocycles. The number of rotatable bonds is 2. The van der Waals surface area contributed by atoms with Crippen molar-refractivity contribution in [2.75, 3.05) is 0 Å². The monoisotopic (exact) mass is 251 g/mol. The Morgan fingerprint density at radius 3 is 2.71 bits per heavy atom. The van der Waals surface area contributed by atoms with Gasteiger partial charge in [0, 0.05) is 28.0 Å². The Hall–Kier alpha value is -1.45. The van der Waals surface area contributed by atoms with Gasteiger partial charge in [-0.05, 0) is 36.8 Å². The molecule has 0 fully saturated rings. The molecule has 2 nitrogen and oxygen atoms in total. The van der Waals surface area contributed by atoms with Gasteiger partial charge < -0.3 is 5.11 Å². The first-order chi connectivity index (χ1) is 8.11. The van der Waals surface area contributed by atoms with Gasteiger partial charge in [0.05, 0.1) is 6.61 Å². The third kappa shape index (κ3) is 2.46. The van der Waals surface area contributed by atoms with Gasteiger partial charge in [-0.15, -0.1) is 0 Å². The number of hydrogen-bond donors (Lipinski definition) is 1. The van der Waals surface area contributed by atoms with Crippen LogP contribution in [0.3, 0.4) is 0 Å². The summed E-state index contributed by atoms with van der Waals surface area (Å²) in [6.07, 6.45) is 1.55. The van der Waals surface area contributed by atoms with Crippen LogP contribution in [0, 0.1) is 12.7 Å². The Morgan fingerprint density at radius 1 is 1.29 bits per heavy atom. The summed E-state index contributed by atoms with van der Waals surface area (Å²) in [5.41, 5.74) is 2.43. The van der Waals surface area contributed by atoms with E-state index in [0.717, 1.165) is 5.69 Å². The summed E-state index contributed by atoms with van der Waals surface area (Å²) in [5.74, 6) is -0.405. The number of nitrogens with zero attached hydrogens (tertiary/aromatic N) is 1. The standard InChI is InChI=1S/C13H11ClFNO/c1-8-4-12(9(7-17)6-16-8)11-3-2-10(14)5-13(11)15/h2-6,17H,7H2,1H3. The third-order valence-corrected chi connectivity index (χ3v) is 2.75. The molecule has 0 atom stereocenters. The maximum Gasteiger partial charge on any atom is 0.132 e. The second kappa shape index (κ2) is 4.82. The molecule has 0 aliphatic carbocycles. The van der Waals surface area contributed by atoms with E-state index in [1.807, 2.05) is 6.92 Å². The van der Waals surface area contributed by atoms with Crippen molar-refractivity contribution in [3.05, 3.63) is 52.6 Å². The van der Waals surface area contributed by atoms with Gasteiger partial charge >= 0.3 is 0 Å². The minimum Gasteiger partial charge on any atom is -0.392 e. The molecule has 0 aliphatic rings. The van der Waals surface area contributed by atoms with Crippen molar-refractivity contribution in [2.24, 2.45) is 0 Å². The van der Waals surface area contributed by atoms with Crippen molar-refractivity contribution >= 4 is 11.6 Å². The lowest BCUT2D eigenvalue weighted by Crippen LogP contribution is -1.95. The number of aliphatic hydroxyl groups is 1. The van der Waals surface area contributed by atoms with Crippen LogP contribution in [-0.2, 0) is 6.61 Å². The van der Waals surface area contributed by atoms with Crippen molar-refractivity contribution in [1.82, 2.24) is 4.98 Å². The molecular formula is C13H11ClFNO. The van der Waals surface area contributed by atoms with Crippen LogP contribution >= 0.6 is 11.6 Å². The molecule has 2 rings (SSSR count). The number of aryl methyl sites for hydroxylation is 1. The predicted molar refractivity (Wildman–Crippen MR) is 65.3 cm³/mol. The van der Waals surface area contributed by atoms with Crippen molar-refractivity contribution in [3.8, 4) is 11.1 Å². The number of aliphatic hydroxyl groups excluding tert-OH is 1. The van der Waals surface area contributed by atoms with Gasteiger partial charge in [-0.2, -0.15) is 0 Å². The molecule has 0 bridgehead atoms. The van der Waals surface area contributed by atoms with Crippen LogP contribution in [0.25, 0.3) is 11.1 Å². The quantitative estimate of drug-likeness (QED) is 0.888. The zero-order chi connectivity index (χ0) is 12.4. The lowest BCUT2D eigenvalue weighted by atomic mass is 10.0. The highest BCUT2D eigenvalue weighted by Gasteiger charge is 2.10. The van der Waals surface area contributed by atoms with Crippen LogP contribution < -0.4 is 0 Å². The molecule has 0 unspecified atom stereocenters. The molecule has 88 valence electrons. The molecule has 0 saturated carbocycles. The van der Waals surface area contributed by atoms with Gasteiger partial charge in [0.2, 0.25) is 0 Å². The van der Waals surface area contributed by atoms with E-state index in [2.05, 4.69) is 4.98 Å². The number of benzene rings is 1. The minimum atomic E-state index is -0.405. The van der Waals surface area contributed by atoms with E-state index in [1.54, 1.807) is 24.4 Å². The van der Waals surface area contributed by atoms with Gasteiger partial charge in [0.25, 0.3) is 0 Å². The van der Waals surface area contributed by atoms with E-state index in [0.29, 0.717) is 21.7 Å². The van der Waals surface area contributed by atoms with E-state index < -0.39 is 5.82 Å². The molecule has 1 N–H and O–H groups in total. The second-order valence-electron chi connectivity index (χ2n) is 3.77. The molecular weight excluding hydrogens is 241 g/mol. The van der Waals surface area contributed by atoms with Crippen LogP contribution in [0.1, 0.15) is 11.3 Å². The normalized spacial score (nSPS) is 10.6. The lowest BCUT2D eigenvalue weighted by molar-refractivity contribution is 0.282. The van der Waals surface area contributed by atoms with Gasteiger partial charge in [0.1, 0.15) is 5.82 Å². The molecule has 0 spiro atoms. The Kier molecular flexibility index (Phi) is 3.41. The fraction of sp³-hybridized carbons (Fsp3) is 0.154. The average Bonchev–Trinajstić information content (AvgIpc) is 2.29. The van der Waals surface area contributed by atoms with Crippen LogP contribution in [0.15, 0.2) is 30.5 Å². The third-order valence-electron chi connectivity index (χ3n) is 2.51. The van der Waals surface area contributed by atoms with Crippen molar-refractivity contribution < 1.29 is 9.50 Å². The summed E-state index contributed by atoms with van der Waals surface area (Å²) < 4.78 is 13.8. The fourth-order valence-corrected chi connectivity index (χ4v) is 1.83. The molecule has 1 heterocycles. The summed E-state index contributed by atoms with van der Waals surface area (Å²) in [5, 5.41) is 9.58. The molecule has 0 radical (unpaired) electrons. The maximum atomic E-state index is 13.8. The molecule has 2 aromatic rings. The zero-order valence-corrected chi connectivity index (χ0v) is 10.0. The topological polar surface area (TPSA) is 33.1 Å². The summed E-state index contributed by atoms with van der Waals surface area (Å²) in [6, 6.07) is 6.23. The molecule has 0 amide bonds. The Balaban J connectivity index is 2.62.